The lowest BCUT2D eigenvalue weighted by Crippen LogP contribution is -2.37. The monoisotopic (exact) mass is 235 g/mol. The molecule has 4 nitrogen and oxygen atoms in total. The second-order valence-electron chi connectivity index (χ2n) is 4.32. The topological polar surface area (TPSA) is 49.6 Å². The summed E-state index contributed by atoms with van der Waals surface area (Å²) in [6, 6.07) is 5.80. The standard InChI is InChI=1S/C13H21N3O/c1-5-16(9-12(17)15(3)4)13-10(2)7-6-8-11(13)14/h6-8H,5,9,14H2,1-4H3. The molecule has 1 amide bonds. The van der Waals surface area contributed by atoms with Crippen molar-refractivity contribution >= 4 is 17.3 Å². The maximum atomic E-state index is 11.8. The van der Waals surface area contributed by atoms with Gasteiger partial charge < -0.3 is 15.5 Å². The minimum absolute atomic E-state index is 0.0782. The molecule has 1 aromatic rings. The van der Waals surface area contributed by atoms with Crippen LogP contribution in [0.3, 0.4) is 0 Å². The fourth-order valence-electron chi connectivity index (χ4n) is 1.77. The van der Waals surface area contributed by atoms with E-state index < -0.39 is 0 Å². The molecule has 0 saturated carbocycles. The van der Waals surface area contributed by atoms with Crippen molar-refractivity contribution in [1.82, 2.24) is 4.90 Å². The van der Waals surface area contributed by atoms with Crippen molar-refractivity contribution < 1.29 is 4.79 Å². The zero-order chi connectivity index (χ0) is 13.0. The number of anilines is 2. The number of rotatable bonds is 4. The number of hydrogen-bond acceptors (Lipinski definition) is 3. The van der Waals surface area contributed by atoms with Crippen LogP contribution in [-0.4, -0.2) is 38.0 Å². The molecule has 0 bridgehead atoms. The Morgan fingerprint density at radius 3 is 2.47 bits per heavy atom. The molecule has 0 aromatic heterocycles. The number of para-hydroxylation sites is 1. The van der Waals surface area contributed by atoms with Crippen LogP contribution in [0.15, 0.2) is 18.2 Å². The summed E-state index contributed by atoms with van der Waals surface area (Å²) in [7, 11) is 3.52. The largest absolute Gasteiger partial charge is 0.397 e. The summed E-state index contributed by atoms with van der Waals surface area (Å²) in [4.78, 5) is 15.4. The van der Waals surface area contributed by atoms with E-state index in [0.717, 1.165) is 23.5 Å². The predicted molar refractivity (Wildman–Crippen MR) is 72.2 cm³/mol. The number of aryl methyl sites for hydroxylation is 1. The van der Waals surface area contributed by atoms with Crippen molar-refractivity contribution in [2.45, 2.75) is 13.8 Å². The molecular weight excluding hydrogens is 214 g/mol. The zero-order valence-corrected chi connectivity index (χ0v) is 11.0. The Bertz CT molecular complexity index is 381. The van der Waals surface area contributed by atoms with Crippen LogP contribution in [0.25, 0.3) is 0 Å². The molecule has 0 aliphatic heterocycles. The fraction of sp³-hybridized carbons (Fsp3) is 0.462. The van der Waals surface area contributed by atoms with Crippen LogP contribution in [-0.2, 0) is 4.79 Å². The Balaban J connectivity index is 2.98. The Morgan fingerprint density at radius 2 is 2.00 bits per heavy atom. The maximum Gasteiger partial charge on any atom is 0.241 e. The second kappa shape index (κ2) is 5.57. The van der Waals surface area contributed by atoms with Crippen molar-refractivity contribution in [1.29, 1.82) is 0 Å². The van der Waals surface area contributed by atoms with Crippen molar-refractivity contribution in [3.63, 3.8) is 0 Å². The first kappa shape index (κ1) is 13.4. The van der Waals surface area contributed by atoms with Gasteiger partial charge in [0.1, 0.15) is 0 Å². The Morgan fingerprint density at radius 1 is 1.35 bits per heavy atom. The molecule has 0 aliphatic carbocycles. The van der Waals surface area contributed by atoms with E-state index in [1.807, 2.05) is 36.9 Å². The smallest absolute Gasteiger partial charge is 0.241 e. The van der Waals surface area contributed by atoms with Gasteiger partial charge in [-0.2, -0.15) is 0 Å². The van der Waals surface area contributed by atoms with Gasteiger partial charge in [-0.25, -0.2) is 0 Å². The van der Waals surface area contributed by atoms with Crippen LogP contribution >= 0.6 is 0 Å². The highest BCUT2D eigenvalue weighted by molar-refractivity contribution is 5.83. The molecule has 0 radical (unpaired) electrons. The van der Waals surface area contributed by atoms with E-state index >= 15 is 0 Å². The highest BCUT2D eigenvalue weighted by Gasteiger charge is 2.15. The third kappa shape index (κ3) is 3.12. The first-order valence-corrected chi connectivity index (χ1v) is 5.77. The van der Waals surface area contributed by atoms with E-state index in [9.17, 15) is 4.79 Å². The molecule has 4 heteroatoms. The number of nitrogens with zero attached hydrogens (tertiary/aromatic N) is 2. The van der Waals surface area contributed by atoms with Gasteiger partial charge >= 0.3 is 0 Å². The molecule has 0 aliphatic rings. The summed E-state index contributed by atoms with van der Waals surface area (Å²) in [6.45, 7) is 5.15. The van der Waals surface area contributed by atoms with Gasteiger partial charge in [-0.3, -0.25) is 4.79 Å². The van der Waals surface area contributed by atoms with Gasteiger partial charge in [-0.15, -0.1) is 0 Å². The van der Waals surface area contributed by atoms with Crippen LogP contribution in [0.4, 0.5) is 11.4 Å². The number of nitrogen functional groups attached to an aromatic ring is 1. The first-order chi connectivity index (χ1) is 7.97. The van der Waals surface area contributed by atoms with E-state index in [1.165, 1.54) is 0 Å². The normalized spacial score (nSPS) is 10.1. The summed E-state index contributed by atoms with van der Waals surface area (Å²) in [5, 5.41) is 0. The molecule has 0 fully saturated rings. The molecule has 17 heavy (non-hydrogen) atoms. The van der Waals surface area contributed by atoms with Gasteiger partial charge in [0.05, 0.1) is 17.9 Å². The molecule has 1 rings (SSSR count). The average Bonchev–Trinajstić information content (AvgIpc) is 2.26. The van der Waals surface area contributed by atoms with Gasteiger partial charge in [-0.1, -0.05) is 12.1 Å². The van der Waals surface area contributed by atoms with Gasteiger partial charge in [-0.05, 0) is 25.5 Å². The number of amides is 1. The number of carbonyl (C=O) groups is 1. The van der Waals surface area contributed by atoms with Crippen molar-refractivity contribution in [3.8, 4) is 0 Å². The van der Waals surface area contributed by atoms with E-state index in [-0.39, 0.29) is 5.91 Å². The molecule has 0 atom stereocenters. The second-order valence-corrected chi connectivity index (χ2v) is 4.32. The first-order valence-electron chi connectivity index (χ1n) is 5.77. The molecule has 1 aromatic carbocycles. The summed E-state index contributed by atoms with van der Waals surface area (Å²) in [6.07, 6.45) is 0. The molecule has 94 valence electrons. The zero-order valence-electron chi connectivity index (χ0n) is 11.0. The highest BCUT2D eigenvalue weighted by atomic mass is 16.2. The minimum Gasteiger partial charge on any atom is -0.397 e. The quantitative estimate of drug-likeness (QED) is 0.804. The maximum absolute atomic E-state index is 11.8. The summed E-state index contributed by atoms with van der Waals surface area (Å²) in [5.74, 6) is 0.0782. The lowest BCUT2D eigenvalue weighted by atomic mass is 10.1. The van der Waals surface area contributed by atoms with Crippen LogP contribution in [0.5, 0.6) is 0 Å². The predicted octanol–water partition coefficient (Wildman–Crippen LogP) is 1.49. The van der Waals surface area contributed by atoms with Crippen LogP contribution < -0.4 is 10.6 Å². The number of nitrogens with two attached hydrogens (primary N) is 1. The minimum atomic E-state index is 0.0782. The van der Waals surface area contributed by atoms with Crippen LogP contribution in [0.2, 0.25) is 0 Å². The Kier molecular flexibility index (Phi) is 4.37. The molecule has 0 spiro atoms. The van der Waals surface area contributed by atoms with Gasteiger partial charge in [0, 0.05) is 20.6 Å². The SMILES string of the molecule is CCN(CC(=O)N(C)C)c1c(C)cccc1N. The number of likely N-dealkylation sites (N-methyl/N-ethyl adjacent to an activating group) is 2. The molecule has 0 unspecified atom stereocenters. The molecule has 2 N–H and O–H groups in total. The molecular formula is C13H21N3O. The summed E-state index contributed by atoms with van der Waals surface area (Å²) in [5.41, 5.74) is 8.76. The highest BCUT2D eigenvalue weighted by Crippen LogP contribution is 2.26. The molecule has 0 heterocycles. The lowest BCUT2D eigenvalue weighted by molar-refractivity contribution is -0.127. The average molecular weight is 235 g/mol. The third-order valence-electron chi connectivity index (χ3n) is 2.79. The molecule has 0 saturated heterocycles. The number of carbonyl (C=O) groups excluding carboxylic acids is 1. The van der Waals surface area contributed by atoms with E-state index in [0.29, 0.717) is 6.54 Å². The van der Waals surface area contributed by atoms with Gasteiger partial charge in [0.15, 0.2) is 0 Å². The summed E-state index contributed by atoms with van der Waals surface area (Å²) < 4.78 is 0. The fourth-order valence-corrected chi connectivity index (χ4v) is 1.77. The van der Waals surface area contributed by atoms with Crippen molar-refractivity contribution in [3.05, 3.63) is 23.8 Å². The summed E-state index contributed by atoms with van der Waals surface area (Å²) >= 11 is 0. The van der Waals surface area contributed by atoms with Crippen molar-refractivity contribution in [2.24, 2.45) is 0 Å². The van der Waals surface area contributed by atoms with E-state index in [2.05, 4.69) is 0 Å². The number of benzene rings is 1. The van der Waals surface area contributed by atoms with Crippen LogP contribution in [0, 0.1) is 6.92 Å². The Hall–Kier alpha value is -1.71. The van der Waals surface area contributed by atoms with E-state index in [1.54, 1.807) is 19.0 Å². The lowest BCUT2D eigenvalue weighted by Gasteiger charge is -2.27. The van der Waals surface area contributed by atoms with Gasteiger partial charge in [0.2, 0.25) is 5.91 Å². The van der Waals surface area contributed by atoms with Crippen LogP contribution in [0.1, 0.15) is 12.5 Å². The Labute approximate surface area is 103 Å². The number of hydrogen-bond donors (Lipinski definition) is 1. The van der Waals surface area contributed by atoms with E-state index in [4.69, 9.17) is 5.73 Å². The third-order valence-corrected chi connectivity index (χ3v) is 2.79. The van der Waals surface area contributed by atoms with Gasteiger partial charge in [0.25, 0.3) is 0 Å². The van der Waals surface area contributed by atoms with Crippen molar-refractivity contribution in [2.75, 3.05) is 37.8 Å².